The standard InChI is InChI=1S/C38H43N3O7/c1-26-24-27(11-17-35(45)41-21-18-38(19-22-41,37(46)47)28-8-4-2-5-9-28)10-15-33(26)48-23-7-3-6-20-39-25-32(43)29-12-14-31(42)36-30(29)13-16-34(44)40-36/h2,4-5,8-17,24,32,39,42-43H,3,6-7,18-23,25H2,1H3,(H,40,44)(H,46,47)/b17-11+. The van der Waals surface area contributed by atoms with E-state index in [9.17, 15) is 29.7 Å². The van der Waals surface area contributed by atoms with Crippen LogP contribution in [0.15, 0.2) is 83.7 Å². The molecule has 1 aliphatic heterocycles. The summed E-state index contributed by atoms with van der Waals surface area (Å²) in [6.07, 6.45) is 6.03. The van der Waals surface area contributed by atoms with Crippen molar-refractivity contribution in [3.63, 3.8) is 0 Å². The van der Waals surface area contributed by atoms with Gasteiger partial charge < -0.3 is 35.3 Å². The van der Waals surface area contributed by atoms with Gasteiger partial charge in [-0.3, -0.25) is 14.4 Å². The van der Waals surface area contributed by atoms with Gasteiger partial charge in [-0.15, -0.1) is 0 Å². The number of carboxylic acids is 1. The summed E-state index contributed by atoms with van der Waals surface area (Å²) in [5.41, 5.74) is 2.31. The molecule has 1 aromatic heterocycles. The molecule has 1 unspecified atom stereocenters. The van der Waals surface area contributed by atoms with Crippen molar-refractivity contribution in [1.82, 2.24) is 15.2 Å². The molecular formula is C38H43N3O7. The Morgan fingerprint density at radius 1 is 1.02 bits per heavy atom. The number of hydrogen-bond donors (Lipinski definition) is 5. The first-order valence-corrected chi connectivity index (χ1v) is 16.4. The van der Waals surface area contributed by atoms with Crippen molar-refractivity contribution in [2.45, 2.75) is 50.5 Å². The number of carbonyl (C=O) groups excluding carboxylic acids is 1. The van der Waals surface area contributed by atoms with Crippen molar-refractivity contribution in [2.75, 3.05) is 32.8 Å². The summed E-state index contributed by atoms with van der Waals surface area (Å²) in [6.45, 7) is 4.39. The number of likely N-dealkylation sites (tertiary alicyclic amines) is 1. The Bertz CT molecular complexity index is 1810. The van der Waals surface area contributed by atoms with Crippen LogP contribution in [0.3, 0.4) is 0 Å². The van der Waals surface area contributed by atoms with E-state index in [1.165, 1.54) is 12.1 Å². The molecule has 4 aromatic rings. The third kappa shape index (κ3) is 8.13. The van der Waals surface area contributed by atoms with Gasteiger partial charge in [-0.1, -0.05) is 42.5 Å². The predicted molar refractivity (Wildman–Crippen MR) is 185 cm³/mol. The van der Waals surface area contributed by atoms with Crippen LogP contribution < -0.4 is 15.6 Å². The van der Waals surface area contributed by atoms with Gasteiger partial charge in [0.1, 0.15) is 11.5 Å². The van der Waals surface area contributed by atoms with Crippen LogP contribution in [-0.2, 0) is 15.0 Å². The summed E-state index contributed by atoms with van der Waals surface area (Å²) in [5, 5.41) is 34.6. The number of pyridine rings is 1. The summed E-state index contributed by atoms with van der Waals surface area (Å²) >= 11 is 0. The highest BCUT2D eigenvalue weighted by Gasteiger charge is 2.43. The second kappa shape index (κ2) is 15.8. The summed E-state index contributed by atoms with van der Waals surface area (Å²) < 4.78 is 6.00. The molecule has 0 saturated carbocycles. The molecule has 5 N–H and O–H groups in total. The minimum absolute atomic E-state index is 0.0333. The Hall–Kier alpha value is -4.93. The van der Waals surface area contributed by atoms with Gasteiger partial charge in [0.2, 0.25) is 11.5 Å². The lowest BCUT2D eigenvalue weighted by atomic mass is 9.73. The molecule has 10 nitrogen and oxygen atoms in total. The maximum absolute atomic E-state index is 12.9. The van der Waals surface area contributed by atoms with E-state index < -0.39 is 17.5 Å². The molecule has 1 fully saturated rings. The SMILES string of the molecule is Cc1cc(/C=C/C(=O)N2CCC(C(=O)O)(c3ccccc3)CC2)ccc1OCCCCCNCC(O)c1ccc(O)c2[nH]c(=O)ccc12. The molecule has 48 heavy (non-hydrogen) atoms. The number of piperidine rings is 1. The second-order valence-corrected chi connectivity index (χ2v) is 12.4. The van der Waals surface area contributed by atoms with Crippen LogP contribution in [0, 0.1) is 6.92 Å². The molecule has 0 bridgehead atoms. The fraction of sp³-hybridized carbons (Fsp3) is 0.342. The van der Waals surface area contributed by atoms with Gasteiger partial charge in [0.05, 0.1) is 23.6 Å². The van der Waals surface area contributed by atoms with Gasteiger partial charge in [-0.2, -0.15) is 0 Å². The number of rotatable bonds is 14. The number of aromatic nitrogens is 1. The molecule has 0 aliphatic carbocycles. The molecule has 1 atom stereocenters. The van der Waals surface area contributed by atoms with Crippen LogP contribution in [0.5, 0.6) is 11.5 Å². The minimum atomic E-state index is -0.967. The number of phenolic OH excluding ortho intramolecular Hbond substituents is 1. The van der Waals surface area contributed by atoms with Gasteiger partial charge in [0.15, 0.2) is 0 Å². The Labute approximate surface area is 279 Å². The van der Waals surface area contributed by atoms with Crippen molar-refractivity contribution < 1.29 is 29.6 Å². The number of nitrogens with one attached hydrogen (secondary N) is 2. The smallest absolute Gasteiger partial charge is 0.314 e. The van der Waals surface area contributed by atoms with E-state index in [-0.39, 0.29) is 17.2 Å². The summed E-state index contributed by atoms with van der Waals surface area (Å²) in [5.74, 6) is -0.213. The van der Waals surface area contributed by atoms with Gasteiger partial charge in [0, 0.05) is 37.2 Å². The highest BCUT2D eigenvalue weighted by atomic mass is 16.5. The normalized spacial score (nSPS) is 15.1. The lowest BCUT2D eigenvalue weighted by Crippen LogP contribution is -2.48. The quantitative estimate of drug-likeness (QED) is 0.0935. The molecule has 2 heterocycles. The second-order valence-electron chi connectivity index (χ2n) is 12.4. The average molecular weight is 654 g/mol. The third-order valence-corrected chi connectivity index (χ3v) is 9.14. The van der Waals surface area contributed by atoms with E-state index >= 15 is 0 Å². The molecule has 5 rings (SSSR count). The molecule has 252 valence electrons. The number of unbranched alkanes of at least 4 members (excludes halogenated alkanes) is 2. The van der Waals surface area contributed by atoms with Crippen LogP contribution in [-0.4, -0.2) is 69.9 Å². The van der Waals surface area contributed by atoms with E-state index in [0.29, 0.717) is 55.5 Å². The summed E-state index contributed by atoms with van der Waals surface area (Å²) in [6, 6.07) is 21.2. The highest BCUT2D eigenvalue weighted by molar-refractivity contribution is 5.92. The van der Waals surface area contributed by atoms with E-state index in [0.717, 1.165) is 48.2 Å². The monoisotopic (exact) mass is 653 g/mol. The summed E-state index contributed by atoms with van der Waals surface area (Å²) in [4.78, 5) is 41.1. The Morgan fingerprint density at radius 2 is 1.79 bits per heavy atom. The van der Waals surface area contributed by atoms with Crippen molar-refractivity contribution in [3.8, 4) is 11.5 Å². The number of aromatic amines is 1. The number of benzene rings is 3. The van der Waals surface area contributed by atoms with Crippen molar-refractivity contribution >= 4 is 28.9 Å². The zero-order valence-corrected chi connectivity index (χ0v) is 27.2. The number of carbonyl (C=O) groups is 2. The van der Waals surface area contributed by atoms with Crippen molar-refractivity contribution in [2.24, 2.45) is 0 Å². The minimum Gasteiger partial charge on any atom is -0.506 e. The third-order valence-electron chi connectivity index (χ3n) is 9.14. The number of carboxylic acid groups (broad SMARTS) is 1. The Morgan fingerprint density at radius 3 is 2.52 bits per heavy atom. The first-order chi connectivity index (χ1) is 23.2. The first kappa shape index (κ1) is 34.4. The van der Waals surface area contributed by atoms with Crippen LogP contribution in [0.25, 0.3) is 17.0 Å². The lowest BCUT2D eigenvalue weighted by molar-refractivity contribution is -0.147. The maximum atomic E-state index is 12.9. The number of amides is 1. The fourth-order valence-corrected chi connectivity index (χ4v) is 6.31. The maximum Gasteiger partial charge on any atom is 0.314 e. The molecular weight excluding hydrogens is 610 g/mol. The number of fused-ring (bicyclic) bond motifs is 1. The molecule has 0 radical (unpaired) electrons. The van der Waals surface area contributed by atoms with Crippen molar-refractivity contribution in [1.29, 1.82) is 0 Å². The van der Waals surface area contributed by atoms with Gasteiger partial charge >= 0.3 is 5.97 Å². The summed E-state index contributed by atoms with van der Waals surface area (Å²) in [7, 11) is 0. The molecule has 1 saturated heterocycles. The van der Waals surface area contributed by atoms with Crippen LogP contribution >= 0.6 is 0 Å². The average Bonchev–Trinajstić information content (AvgIpc) is 3.09. The van der Waals surface area contributed by atoms with Crippen molar-refractivity contribution in [3.05, 3.63) is 111 Å². The molecule has 10 heteroatoms. The van der Waals surface area contributed by atoms with E-state index in [1.807, 2.05) is 55.5 Å². The zero-order chi connectivity index (χ0) is 34.1. The largest absolute Gasteiger partial charge is 0.506 e. The number of nitrogens with zero attached hydrogens (tertiary/aromatic N) is 1. The number of hydrogen-bond acceptors (Lipinski definition) is 7. The number of ether oxygens (including phenoxy) is 1. The van der Waals surface area contributed by atoms with E-state index in [1.54, 1.807) is 29.2 Å². The number of aromatic hydroxyl groups is 1. The number of aliphatic carboxylic acids is 1. The topological polar surface area (TPSA) is 152 Å². The van der Waals surface area contributed by atoms with Crippen LogP contribution in [0.4, 0.5) is 0 Å². The first-order valence-electron chi connectivity index (χ1n) is 16.4. The molecule has 1 aliphatic rings. The van der Waals surface area contributed by atoms with Crippen LogP contribution in [0.2, 0.25) is 0 Å². The number of H-pyrrole nitrogens is 1. The Balaban J connectivity index is 1.00. The molecule has 3 aromatic carbocycles. The number of aryl methyl sites for hydroxylation is 1. The number of phenols is 1. The lowest BCUT2D eigenvalue weighted by Gasteiger charge is -2.38. The van der Waals surface area contributed by atoms with Gasteiger partial charge in [-0.25, -0.2) is 0 Å². The fourth-order valence-electron chi connectivity index (χ4n) is 6.31. The Kier molecular flexibility index (Phi) is 11.3. The van der Waals surface area contributed by atoms with E-state index in [2.05, 4.69) is 10.3 Å². The van der Waals surface area contributed by atoms with Gasteiger partial charge in [-0.05, 0) is 98.2 Å². The molecule has 1 amide bonds. The van der Waals surface area contributed by atoms with E-state index in [4.69, 9.17) is 4.74 Å². The highest BCUT2D eigenvalue weighted by Crippen LogP contribution is 2.36. The number of aliphatic hydroxyl groups is 1. The van der Waals surface area contributed by atoms with Crippen LogP contribution in [0.1, 0.15) is 60.5 Å². The zero-order valence-electron chi connectivity index (χ0n) is 27.2. The predicted octanol–water partition coefficient (Wildman–Crippen LogP) is 5.07. The number of aliphatic hydroxyl groups excluding tert-OH is 1. The van der Waals surface area contributed by atoms with Gasteiger partial charge in [0.25, 0.3) is 0 Å². The molecule has 0 spiro atoms.